The first-order valence-electron chi connectivity index (χ1n) is 11.0. The number of aromatic amines is 2. The molecule has 164 valence electrons. The van der Waals surface area contributed by atoms with Crippen molar-refractivity contribution < 1.29 is 4.79 Å². The number of fused-ring (bicyclic) bond motifs is 2. The number of carbonyl (C=O) groups excluding carboxylic acids is 1. The van der Waals surface area contributed by atoms with Gasteiger partial charge in [0.1, 0.15) is 0 Å². The highest BCUT2D eigenvalue weighted by molar-refractivity contribution is 6.07. The minimum atomic E-state index is -0.278. The Morgan fingerprint density at radius 2 is 1.12 bits per heavy atom. The smallest absolute Gasteiger partial charge is 0.263 e. The summed E-state index contributed by atoms with van der Waals surface area (Å²) < 4.78 is 0. The fourth-order valence-corrected chi connectivity index (χ4v) is 4.19. The first-order chi connectivity index (χ1) is 16.7. The zero-order valence-corrected chi connectivity index (χ0v) is 18.2. The van der Waals surface area contributed by atoms with Crippen molar-refractivity contribution in [2.45, 2.75) is 12.8 Å². The Bertz CT molecular complexity index is 1500. The Morgan fingerprint density at radius 3 is 1.56 bits per heavy atom. The lowest BCUT2D eigenvalue weighted by Gasteiger charge is -2.01. The highest BCUT2D eigenvalue weighted by Crippen LogP contribution is 2.22. The molecule has 2 aromatic carbocycles. The molecule has 0 bridgehead atoms. The largest absolute Gasteiger partial charge is 0.335 e. The lowest BCUT2D eigenvalue weighted by atomic mass is 10.1. The molecular formula is C27H20N6O. The van der Waals surface area contributed by atoms with Crippen LogP contribution in [0.4, 0.5) is 0 Å². The number of H-pyrrole nitrogens is 2. The minimum Gasteiger partial charge on any atom is -0.335 e. The molecule has 0 saturated carbocycles. The van der Waals surface area contributed by atoms with E-state index in [0.717, 1.165) is 44.6 Å². The molecule has 0 aliphatic carbocycles. The summed E-state index contributed by atoms with van der Waals surface area (Å²) in [5.41, 5.74) is 7.06. The molecule has 6 rings (SSSR count). The second kappa shape index (κ2) is 8.37. The molecule has 34 heavy (non-hydrogen) atoms. The predicted molar refractivity (Wildman–Crippen MR) is 130 cm³/mol. The van der Waals surface area contributed by atoms with Gasteiger partial charge in [-0.05, 0) is 47.5 Å². The van der Waals surface area contributed by atoms with E-state index in [1.165, 1.54) is 0 Å². The van der Waals surface area contributed by atoms with Gasteiger partial charge in [-0.1, -0.05) is 36.4 Å². The zero-order valence-electron chi connectivity index (χ0n) is 18.2. The lowest BCUT2D eigenvalue weighted by molar-refractivity contribution is 0.102. The third-order valence-corrected chi connectivity index (χ3v) is 5.82. The number of nitrogens with zero attached hydrogens (tertiary/aromatic N) is 4. The Kier molecular flexibility index (Phi) is 4.92. The molecule has 0 aliphatic rings. The van der Waals surface area contributed by atoms with Gasteiger partial charge in [-0.25, -0.2) is 9.97 Å². The average Bonchev–Trinajstić information content (AvgIpc) is 3.51. The van der Waals surface area contributed by atoms with Crippen molar-refractivity contribution in [1.29, 1.82) is 0 Å². The van der Waals surface area contributed by atoms with Gasteiger partial charge in [-0.2, -0.15) is 0 Å². The van der Waals surface area contributed by atoms with Gasteiger partial charge in [0.15, 0.2) is 11.6 Å². The summed E-state index contributed by atoms with van der Waals surface area (Å²) in [4.78, 5) is 37.8. The van der Waals surface area contributed by atoms with Gasteiger partial charge in [-0.3, -0.25) is 14.8 Å². The van der Waals surface area contributed by atoms with E-state index in [-0.39, 0.29) is 17.4 Å². The van der Waals surface area contributed by atoms with E-state index < -0.39 is 0 Å². The number of carbonyl (C=O) groups is 1. The molecule has 0 atom stereocenters. The molecule has 6 aromatic rings. The normalized spacial score (nSPS) is 11.3. The second-order valence-electron chi connectivity index (χ2n) is 8.12. The minimum absolute atomic E-state index is 0.258. The third kappa shape index (κ3) is 3.73. The van der Waals surface area contributed by atoms with Crippen LogP contribution < -0.4 is 0 Å². The summed E-state index contributed by atoms with van der Waals surface area (Å²) in [6, 6.07) is 23.5. The molecule has 4 aromatic heterocycles. The Labute approximate surface area is 195 Å². The molecule has 0 fully saturated rings. The molecule has 0 radical (unpaired) electrons. The summed E-state index contributed by atoms with van der Waals surface area (Å²) in [7, 11) is 0. The number of pyridine rings is 2. The van der Waals surface area contributed by atoms with Crippen molar-refractivity contribution in [1.82, 2.24) is 29.9 Å². The Balaban J connectivity index is 1.34. The summed E-state index contributed by atoms with van der Waals surface area (Å²) in [5.74, 6) is 0.238. The number of imidazole rings is 2. The van der Waals surface area contributed by atoms with Crippen LogP contribution in [-0.4, -0.2) is 35.7 Å². The van der Waals surface area contributed by atoms with Crippen molar-refractivity contribution in [3.8, 4) is 0 Å². The Hall–Kier alpha value is -4.65. The van der Waals surface area contributed by atoms with Crippen LogP contribution in [0.2, 0.25) is 0 Å². The third-order valence-electron chi connectivity index (χ3n) is 5.82. The molecular weight excluding hydrogens is 424 g/mol. The van der Waals surface area contributed by atoms with Crippen LogP contribution in [0.5, 0.6) is 0 Å². The summed E-state index contributed by atoms with van der Waals surface area (Å²) in [5, 5.41) is 0. The average molecular weight is 444 g/mol. The number of hydrogen-bond donors (Lipinski definition) is 2. The van der Waals surface area contributed by atoms with Crippen LogP contribution in [0.1, 0.15) is 39.0 Å². The number of hydrogen-bond acceptors (Lipinski definition) is 5. The van der Waals surface area contributed by atoms with Crippen LogP contribution in [0.15, 0.2) is 85.2 Å². The van der Waals surface area contributed by atoms with Crippen LogP contribution in [0, 0.1) is 0 Å². The lowest BCUT2D eigenvalue weighted by Crippen LogP contribution is -2.05. The van der Waals surface area contributed by atoms with Gasteiger partial charge in [0.2, 0.25) is 0 Å². The topological polar surface area (TPSA) is 100 Å². The van der Waals surface area contributed by atoms with Gasteiger partial charge in [-0.15, -0.1) is 0 Å². The van der Waals surface area contributed by atoms with E-state index in [4.69, 9.17) is 0 Å². The standard InChI is InChI=1S/C27H20N6O/c34-25(26-30-21-11-5-7-17(23(21)32-26)15-19-9-1-3-13-28-19)27-31-22-12-6-8-18(24(22)33-27)16-20-10-2-4-14-29-20/h1-14H,15-16H2,(H,30,32)(H,31,33). The van der Waals surface area contributed by atoms with E-state index in [9.17, 15) is 4.79 Å². The monoisotopic (exact) mass is 444 g/mol. The number of ketones is 1. The number of aromatic nitrogens is 6. The first kappa shape index (κ1) is 20.0. The summed E-state index contributed by atoms with van der Waals surface area (Å²) >= 11 is 0. The second-order valence-corrected chi connectivity index (χ2v) is 8.12. The van der Waals surface area contributed by atoms with Crippen LogP contribution >= 0.6 is 0 Å². The molecule has 0 aliphatic heterocycles. The molecule has 0 unspecified atom stereocenters. The SMILES string of the molecule is O=C(c1nc2c(Cc3ccccn3)cccc2[nH]1)c1nc2c(Cc3ccccn3)cccc2[nH]1. The van der Waals surface area contributed by atoms with E-state index in [1.54, 1.807) is 12.4 Å². The van der Waals surface area contributed by atoms with Gasteiger partial charge >= 0.3 is 0 Å². The Morgan fingerprint density at radius 1 is 0.618 bits per heavy atom. The maximum atomic E-state index is 13.3. The highest BCUT2D eigenvalue weighted by atomic mass is 16.1. The zero-order chi connectivity index (χ0) is 22.9. The summed E-state index contributed by atoms with van der Waals surface area (Å²) in [6.07, 6.45) is 4.83. The van der Waals surface area contributed by atoms with E-state index in [0.29, 0.717) is 12.8 Å². The molecule has 7 nitrogen and oxygen atoms in total. The van der Waals surface area contributed by atoms with Crippen LogP contribution in [-0.2, 0) is 12.8 Å². The van der Waals surface area contributed by atoms with Crippen molar-refractivity contribution in [2.24, 2.45) is 0 Å². The van der Waals surface area contributed by atoms with Gasteiger partial charge < -0.3 is 9.97 Å². The number of para-hydroxylation sites is 2. The van der Waals surface area contributed by atoms with Gasteiger partial charge in [0, 0.05) is 36.6 Å². The van der Waals surface area contributed by atoms with E-state index in [1.807, 2.05) is 72.8 Å². The van der Waals surface area contributed by atoms with E-state index in [2.05, 4.69) is 29.9 Å². The first-order valence-corrected chi connectivity index (χ1v) is 11.0. The summed E-state index contributed by atoms with van der Waals surface area (Å²) in [6.45, 7) is 0. The van der Waals surface area contributed by atoms with E-state index >= 15 is 0 Å². The van der Waals surface area contributed by atoms with Crippen molar-refractivity contribution >= 4 is 27.9 Å². The maximum Gasteiger partial charge on any atom is 0.263 e. The highest BCUT2D eigenvalue weighted by Gasteiger charge is 2.20. The van der Waals surface area contributed by atoms with Gasteiger partial charge in [0.25, 0.3) is 5.78 Å². The number of benzene rings is 2. The van der Waals surface area contributed by atoms with Gasteiger partial charge in [0.05, 0.1) is 22.1 Å². The predicted octanol–water partition coefficient (Wildman–Crippen LogP) is 4.64. The number of rotatable bonds is 6. The van der Waals surface area contributed by atoms with Crippen LogP contribution in [0.25, 0.3) is 22.1 Å². The fraction of sp³-hybridized carbons (Fsp3) is 0.0741. The molecule has 0 spiro atoms. The maximum absolute atomic E-state index is 13.3. The molecule has 7 heteroatoms. The van der Waals surface area contributed by atoms with Crippen LogP contribution in [0.3, 0.4) is 0 Å². The quantitative estimate of drug-likeness (QED) is 0.365. The van der Waals surface area contributed by atoms with Crippen molar-refractivity contribution in [3.05, 3.63) is 119 Å². The molecule has 4 heterocycles. The number of nitrogens with one attached hydrogen (secondary N) is 2. The molecule has 2 N–H and O–H groups in total. The molecule has 0 saturated heterocycles. The molecule has 0 amide bonds. The van der Waals surface area contributed by atoms with Crippen molar-refractivity contribution in [2.75, 3.05) is 0 Å². The van der Waals surface area contributed by atoms with Crippen molar-refractivity contribution in [3.63, 3.8) is 0 Å². The fourth-order valence-electron chi connectivity index (χ4n) is 4.19.